The number of carbonyl (C=O) groups excluding carboxylic acids is 1. The van der Waals surface area contributed by atoms with Crippen LogP contribution < -0.4 is 15.5 Å². The molecule has 0 saturated carbocycles. The van der Waals surface area contributed by atoms with Gasteiger partial charge in [-0.2, -0.15) is 0 Å². The first-order valence-corrected chi connectivity index (χ1v) is 10.3. The Balaban J connectivity index is 1.54. The number of fused-ring (bicyclic) bond motifs is 1. The van der Waals surface area contributed by atoms with Gasteiger partial charge in [-0.15, -0.1) is 0 Å². The van der Waals surface area contributed by atoms with Crippen molar-refractivity contribution in [3.05, 3.63) is 65.7 Å². The SMILES string of the molecule is CCNC(=NCC(=O)N1CCCc2ccccc21)NCCC(O)c1ccccc1. The summed E-state index contributed by atoms with van der Waals surface area (Å²) in [5.74, 6) is 0.588. The van der Waals surface area contributed by atoms with Crippen molar-refractivity contribution in [2.45, 2.75) is 32.3 Å². The molecule has 2 aromatic rings. The van der Waals surface area contributed by atoms with Crippen molar-refractivity contribution in [3.63, 3.8) is 0 Å². The monoisotopic (exact) mass is 394 g/mol. The molecular formula is C23H30N4O2. The van der Waals surface area contributed by atoms with Crippen LogP contribution in [0.25, 0.3) is 0 Å². The van der Waals surface area contributed by atoms with Crippen LogP contribution in [0.3, 0.4) is 0 Å². The zero-order valence-electron chi connectivity index (χ0n) is 17.0. The maximum absolute atomic E-state index is 12.8. The molecule has 1 aliphatic heterocycles. The molecule has 154 valence electrons. The summed E-state index contributed by atoms with van der Waals surface area (Å²) in [4.78, 5) is 19.1. The first-order chi connectivity index (χ1) is 14.2. The van der Waals surface area contributed by atoms with Crippen LogP contribution in [0.15, 0.2) is 59.6 Å². The lowest BCUT2D eigenvalue weighted by molar-refractivity contribution is -0.117. The molecule has 0 radical (unpaired) electrons. The molecule has 0 spiro atoms. The number of rotatable bonds is 7. The zero-order valence-corrected chi connectivity index (χ0v) is 17.0. The van der Waals surface area contributed by atoms with Gasteiger partial charge in [-0.05, 0) is 43.4 Å². The number of hydrogen-bond donors (Lipinski definition) is 3. The summed E-state index contributed by atoms with van der Waals surface area (Å²) in [6, 6.07) is 17.7. The Morgan fingerprint density at radius 2 is 1.90 bits per heavy atom. The molecule has 3 rings (SSSR count). The molecule has 1 unspecified atom stereocenters. The van der Waals surface area contributed by atoms with E-state index in [2.05, 4.69) is 21.7 Å². The van der Waals surface area contributed by atoms with Crippen LogP contribution >= 0.6 is 0 Å². The maximum Gasteiger partial charge on any atom is 0.248 e. The molecule has 1 heterocycles. The number of aliphatic hydroxyl groups is 1. The van der Waals surface area contributed by atoms with Crippen molar-refractivity contribution in [1.82, 2.24) is 10.6 Å². The molecule has 0 fully saturated rings. The number of hydrogen-bond acceptors (Lipinski definition) is 3. The standard InChI is InChI=1S/C23H30N4O2/c1-2-24-23(25-15-14-21(28)19-10-4-3-5-11-19)26-17-22(29)27-16-8-12-18-9-6-7-13-20(18)27/h3-7,9-11,13,21,28H,2,8,12,14-17H2,1H3,(H2,24,25,26). The van der Waals surface area contributed by atoms with Gasteiger partial charge >= 0.3 is 0 Å². The van der Waals surface area contributed by atoms with E-state index in [1.807, 2.05) is 60.4 Å². The molecule has 1 aliphatic rings. The topological polar surface area (TPSA) is 77.0 Å². The van der Waals surface area contributed by atoms with E-state index in [0.717, 1.165) is 30.6 Å². The summed E-state index contributed by atoms with van der Waals surface area (Å²) >= 11 is 0. The van der Waals surface area contributed by atoms with Gasteiger partial charge in [-0.3, -0.25) is 4.79 Å². The van der Waals surface area contributed by atoms with Gasteiger partial charge in [0.1, 0.15) is 6.54 Å². The number of nitrogens with one attached hydrogen (secondary N) is 2. The van der Waals surface area contributed by atoms with Gasteiger partial charge in [0.25, 0.3) is 0 Å². The second-order valence-electron chi connectivity index (χ2n) is 7.11. The van der Waals surface area contributed by atoms with Crippen molar-refractivity contribution in [2.75, 3.05) is 31.1 Å². The predicted molar refractivity (Wildman–Crippen MR) is 117 cm³/mol. The number of guanidine groups is 1. The maximum atomic E-state index is 12.8. The predicted octanol–water partition coefficient (Wildman–Crippen LogP) is 2.64. The number of amides is 1. The highest BCUT2D eigenvalue weighted by Gasteiger charge is 2.21. The van der Waals surface area contributed by atoms with Gasteiger partial charge in [-0.25, -0.2) is 4.99 Å². The zero-order chi connectivity index (χ0) is 20.5. The molecule has 2 aromatic carbocycles. The lowest BCUT2D eigenvalue weighted by Gasteiger charge is -2.29. The molecule has 0 bridgehead atoms. The fourth-order valence-electron chi connectivity index (χ4n) is 3.54. The second-order valence-corrected chi connectivity index (χ2v) is 7.11. The smallest absolute Gasteiger partial charge is 0.248 e. The van der Waals surface area contributed by atoms with E-state index in [-0.39, 0.29) is 12.5 Å². The number of nitrogens with zero attached hydrogens (tertiary/aromatic N) is 2. The highest BCUT2D eigenvalue weighted by molar-refractivity contribution is 5.97. The highest BCUT2D eigenvalue weighted by Crippen LogP contribution is 2.26. The van der Waals surface area contributed by atoms with Crippen molar-refractivity contribution in [2.24, 2.45) is 4.99 Å². The summed E-state index contributed by atoms with van der Waals surface area (Å²) < 4.78 is 0. The number of benzene rings is 2. The molecular weight excluding hydrogens is 364 g/mol. The summed E-state index contributed by atoms with van der Waals surface area (Å²) in [6.07, 6.45) is 2.01. The number of aryl methyl sites for hydroxylation is 1. The number of para-hydroxylation sites is 1. The Bertz CT molecular complexity index is 823. The van der Waals surface area contributed by atoms with Crippen molar-refractivity contribution >= 4 is 17.6 Å². The second kappa shape index (κ2) is 10.6. The van der Waals surface area contributed by atoms with E-state index in [4.69, 9.17) is 0 Å². The molecule has 6 nitrogen and oxygen atoms in total. The minimum absolute atomic E-state index is 0.00123. The fraction of sp³-hybridized carbons (Fsp3) is 0.391. The number of aliphatic imine (C=N–C) groups is 1. The van der Waals surface area contributed by atoms with E-state index < -0.39 is 6.10 Å². The average molecular weight is 395 g/mol. The Kier molecular flexibility index (Phi) is 7.64. The van der Waals surface area contributed by atoms with Gasteiger partial charge in [0.15, 0.2) is 5.96 Å². The van der Waals surface area contributed by atoms with E-state index in [1.54, 1.807) is 0 Å². The van der Waals surface area contributed by atoms with Gasteiger partial charge in [0, 0.05) is 25.3 Å². The van der Waals surface area contributed by atoms with Gasteiger partial charge < -0.3 is 20.6 Å². The van der Waals surface area contributed by atoms with E-state index in [0.29, 0.717) is 25.5 Å². The molecule has 6 heteroatoms. The summed E-state index contributed by atoms with van der Waals surface area (Å²) in [6.45, 7) is 4.07. The van der Waals surface area contributed by atoms with Crippen LogP contribution in [-0.2, 0) is 11.2 Å². The first kappa shape index (κ1) is 20.9. The van der Waals surface area contributed by atoms with Crippen LogP contribution in [0.2, 0.25) is 0 Å². The van der Waals surface area contributed by atoms with E-state index in [9.17, 15) is 9.90 Å². The Hall–Kier alpha value is -2.86. The quantitative estimate of drug-likeness (QED) is 0.498. The van der Waals surface area contributed by atoms with E-state index >= 15 is 0 Å². The van der Waals surface area contributed by atoms with Crippen LogP contribution in [0.1, 0.15) is 37.0 Å². The van der Waals surface area contributed by atoms with E-state index in [1.165, 1.54) is 5.56 Å². The minimum atomic E-state index is -0.530. The fourth-order valence-corrected chi connectivity index (χ4v) is 3.54. The van der Waals surface area contributed by atoms with Gasteiger partial charge in [0.2, 0.25) is 5.91 Å². The normalized spacial score (nSPS) is 14.8. The van der Waals surface area contributed by atoms with Crippen molar-refractivity contribution in [1.29, 1.82) is 0 Å². The molecule has 0 aliphatic carbocycles. The van der Waals surface area contributed by atoms with Crippen molar-refractivity contribution in [3.8, 4) is 0 Å². The average Bonchev–Trinajstić information content (AvgIpc) is 2.77. The first-order valence-electron chi connectivity index (χ1n) is 10.3. The number of aliphatic hydroxyl groups excluding tert-OH is 1. The lowest BCUT2D eigenvalue weighted by Crippen LogP contribution is -2.41. The third-order valence-electron chi connectivity index (χ3n) is 5.02. The number of anilines is 1. The number of carbonyl (C=O) groups is 1. The molecule has 1 amide bonds. The lowest BCUT2D eigenvalue weighted by atomic mass is 10.0. The minimum Gasteiger partial charge on any atom is -0.388 e. The highest BCUT2D eigenvalue weighted by atomic mass is 16.3. The Morgan fingerprint density at radius 3 is 2.69 bits per heavy atom. The largest absolute Gasteiger partial charge is 0.388 e. The summed E-state index contributed by atoms with van der Waals surface area (Å²) in [5.41, 5.74) is 3.12. The summed E-state index contributed by atoms with van der Waals surface area (Å²) in [7, 11) is 0. The molecule has 0 saturated heterocycles. The molecule has 0 aromatic heterocycles. The van der Waals surface area contributed by atoms with Crippen LogP contribution in [0.4, 0.5) is 5.69 Å². The summed E-state index contributed by atoms with van der Waals surface area (Å²) in [5, 5.41) is 16.7. The Labute approximate surface area is 172 Å². The van der Waals surface area contributed by atoms with Crippen LogP contribution in [-0.4, -0.2) is 43.2 Å². The molecule has 1 atom stereocenters. The van der Waals surface area contributed by atoms with Crippen LogP contribution in [0.5, 0.6) is 0 Å². The third-order valence-corrected chi connectivity index (χ3v) is 5.02. The van der Waals surface area contributed by atoms with Crippen LogP contribution in [0, 0.1) is 0 Å². The Morgan fingerprint density at radius 1 is 1.14 bits per heavy atom. The third kappa shape index (κ3) is 5.81. The van der Waals surface area contributed by atoms with Gasteiger partial charge in [-0.1, -0.05) is 48.5 Å². The molecule has 29 heavy (non-hydrogen) atoms. The van der Waals surface area contributed by atoms with Gasteiger partial charge in [0.05, 0.1) is 6.10 Å². The molecule has 3 N–H and O–H groups in total. The van der Waals surface area contributed by atoms with Crippen molar-refractivity contribution < 1.29 is 9.90 Å².